The molecule has 2 aromatic rings. The third-order valence-electron chi connectivity index (χ3n) is 13.7. The summed E-state index contributed by atoms with van der Waals surface area (Å²) in [5.41, 5.74) is 1.91. The lowest BCUT2D eigenvalue weighted by Crippen LogP contribution is -2.59. The first-order valence-electron chi connectivity index (χ1n) is 20.6. The molecule has 4 heterocycles. The van der Waals surface area contributed by atoms with E-state index in [-0.39, 0.29) is 71.3 Å². The highest BCUT2D eigenvalue weighted by molar-refractivity contribution is 5.84. The van der Waals surface area contributed by atoms with Crippen molar-refractivity contribution in [2.24, 2.45) is 11.8 Å². The number of rotatable bonds is 12. The van der Waals surface area contributed by atoms with Crippen LogP contribution in [0.4, 0.5) is 0 Å². The lowest BCUT2D eigenvalue weighted by Gasteiger charge is -2.47. The van der Waals surface area contributed by atoms with E-state index in [4.69, 9.17) is 28.4 Å². The number of piperidine rings is 2. The molecule has 5 aliphatic rings. The second-order valence-electron chi connectivity index (χ2n) is 17.6. The second kappa shape index (κ2) is 16.4. The predicted molar refractivity (Wildman–Crippen MR) is 206 cm³/mol. The number of quaternary nitrogens is 2. The summed E-state index contributed by atoms with van der Waals surface area (Å²) in [6, 6.07) is 11.7. The van der Waals surface area contributed by atoms with Gasteiger partial charge in [0, 0.05) is 90.2 Å². The Labute approximate surface area is 339 Å². The van der Waals surface area contributed by atoms with Crippen molar-refractivity contribution in [2.75, 3.05) is 14.1 Å². The van der Waals surface area contributed by atoms with Crippen LogP contribution < -0.4 is 18.9 Å². The maximum absolute atomic E-state index is 13.6. The van der Waals surface area contributed by atoms with Crippen molar-refractivity contribution in [3.8, 4) is 23.0 Å². The van der Waals surface area contributed by atoms with Crippen molar-refractivity contribution >= 4 is 35.8 Å². The molecule has 4 aliphatic heterocycles. The molecule has 0 N–H and O–H groups in total. The molecule has 0 amide bonds. The maximum atomic E-state index is 13.6. The second-order valence-corrected chi connectivity index (χ2v) is 17.6. The number of carbonyl (C=O) groups excluding carboxylic acids is 6. The molecule has 4 saturated heterocycles. The lowest BCUT2D eigenvalue weighted by molar-refractivity contribution is -0.961. The van der Waals surface area contributed by atoms with Crippen LogP contribution in [0, 0.1) is 11.8 Å². The zero-order chi connectivity index (χ0) is 41.5. The summed E-state index contributed by atoms with van der Waals surface area (Å²) in [7, 11) is 4.46. The van der Waals surface area contributed by atoms with Crippen LogP contribution in [0.5, 0.6) is 23.0 Å². The molecule has 14 nitrogen and oxygen atoms in total. The Balaban J connectivity index is 0.918. The van der Waals surface area contributed by atoms with E-state index in [1.54, 1.807) is 24.3 Å². The van der Waals surface area contributed by atoms with Crippen LogP contribution >= 0.6 is 0 Å². The van der Waals surface area contributed by atoms with Gasteiger partial charge in [0.25, 0.3) is 0 Å². The molecule has 0 radical (unpaired) electrons. The van der Waals surface area contributed by atoms with E-state index in [9.17, 15) is 28.8 Å². The molecule has 7 rings (SSSR count). The van der Waals surface area contributed by atoms with Gasteiger partial charge in [-0.25, -0.2) is 0 Å². The van der Waals surface area contributed by atoms with E-state index in [0.29, 0.717) is 25.9 Å². The molecule has 312 valence electrons. The van der Waals surface area contributed by atoms with Crippen molar-refractivity contribution < 1.29 is 66.2 Å². The van der Waals surface area contributed by atoms with Crippen LogP contribution in [-0.4, -0.2) is 95.3 Å². The summed E-state index contributed by atoms with van der Waals surface area (Å²) in [5.74, 6) is -2.79. The summed E-state index contributed by atoms with van der Waals surface area (Å²) in [4.78, 5) is 73.9. The minimum absolute atomic E-state index is 0.199. The molecule has 58 heavy (non-hydrogen) atoms. The van der Waals surface area contributed by atoms with Crippen LogP contribution in [0.1, 0.15) is 103 Å². The van der Waals surface area contributed by atoms with Crippen molar-refractivity contribution in [1.82, 2.24) is 0 Å². The van der Waals surface area contributed by atoms with E-state index in [1.165, 1.54) is 27.7 Å². The Morgan fingerprint density at radius 2 is 0.793 bits per heavy atom. The van der Waals surface area contributed by atoms with Crippen LogP contribution in [-0.2, 0) is 51.3 Å². The van der Waals surface area contributed by atoms with Crippen LogP contribution in [0.15, 0.2) is 36.4 Å². The molecule has 5 fully saturated rings. The molecule has 1 saturated carbocycles. The average molecular weight is 805 g/mol. The maximum Gasteiger partial charge on any atom is 0.310 e. The van der Waals surface area contributed by atoms with Gasteiger partial charge in [0.15, 0.2) is 23.0 Å². The van der Waals surface area contributed by atoms with E-state index in [0.717, 1.165) is 71.5 Å². The van der Waals surface area contributed by atoms with Gasteiger partial charge in [-0.15, -0.1) is 0 Å². The highest BCUT2D eigenvalue weighted by Gasteiger charge is 2.55. The number of benzene rings is 2. The first-order valence-corrected chi connectivity index (χ1v) is 20.6. The smallest absolute Gasteiger partial charge is 0.310 e. The van der Waals surface area contributed by atoms with E-state index < -0.39 is 35.7 Å². The molecule has 14 heteroatoms. The molecule has 0 spiro atoms. The Hall–Kier alpha value is -4.82. The Morgan fingerprint density at radius 3 is 1.09 bits per heavy atom. The minimum Gasteiger partial charge on any atom is -0.462 e. The molecule has 6 unspecified atom stereocenters. The fraction of sp³-hybridized carbons (Fsp3) is 0.591. The van der Waals surface area contributed by atoms with Gasteiger partial charge in [-0.2, -0.15) is 0 Å². The van der Waals surface area contributed by atoms with Crippen LogP contribution in [0.3, 0.4) is 0 Å². The van der Waals surface area contributed by atoms with Gasteiger partial charge in [0.2, 0.25) is 0 Å². The Kier molecular flexibility index (Phi) is 11.7. The minimum atomic E-state index is -0.503. The van der Waals surface area contributed by atoms with Crippen LogP contribution in [0.2, 0.25) is 0 Å². The van der Waals surface area contributed by atoms with Crippen LogP contribution in [0.25, 0.3) is 0 Å². The van der Waals surface area contributed by atoms with Crippen molar-refractivity contribution in [3.63, 3.8) is 0 Å². The van der Waals surface area contributed by atoms with E-state index in [1.807, 2.05) is 12.1 Å². The van der Waals surface area contributed by atoms with Gasteiger partial charge < -0.3 is 37.4 Å². The summed E-state index contributed by atoms with van der Waals surface area (Å²) >= 11 is 0. The number of hydrogen-bond donors (Lipinski definition) is 0. The lowest BCUT2D eigenvalue weighted by atomic mass is 9.73. The Morgan fingerprint density at radius 1 is 0.483 bits per heavy atom. The monoisotopic (exact) mass is 804 g/mol. The van der Waals surface area contributed by atoms with Crippen molar-refractivity contribution in [3.05, 3.63) is 47.5 Å². The van der Waals surface area contributed by atoms with Gasteiger partial charge in [-0.05, 0) is 49.2 Å². The quantitative estimate of drug-likeness (QED) is 0.151. The highest BCUT2D eigenvalue weighted by Crippen LogP contribution is 2.47. The normalized spacial score (nSPS) is 32.0. The number of esters is 6. The molecule has 1 aliphatic carbocycles. The first kappa shape index (κ1) is 41.3. The molecule has 4 bridgehead atoms. The van der Waals surface area contributed by atoms with E-state index >= 15 is 0 Å². The van der Waals surface area contributed by atoms with Gasteiger partial charge >= 0.3 is 35.8 Å². The highest BCUT2D eigenvalue weighted by atomic mass is 16.6. The number of nitrogens with zero attached hydrogens (tertiary/aromatic N) is 2. The zero-order valence-corrected chi connectivity index (χ0v) is 34.4. The summed E-state index contributed by atoms with van der Waals surface area (Å²) in [5, 5.41) is 0. The van der Waals surface area contributed by atoms with Crippen molar-refractivity contribution in [1.29, 1.82) is 0 Å². The topological polar surface area (TPSA) is 158 Å². The molecular formula is C44H56N2O12+2. The largest absolute Gasteiger partial charge is 0.462 e. The number of carbonyl (C=O) groups is 6. The molecule has 6 atom stereocenters. The first-order chi connectivity index (χ1) is 27.5. The number of fused-ring (bicyclic) bond motifs is 4. The van der Waals surface area contributed by atoms with E-state index in [2.05, 4.69) is 14.1 Å². The summed E-state index contributed by atoms with van der Waals surface area (Å²) < 4.78 is 35.1. The summed E-state index contributed by atoms with van der Waals surface area (Å²) in [6.45, 7) is 6.57. The SMILES string of the molecule is CC(=O)Oc1ccc(C[N+]2(C)C3CCC2CC(OC(=O)C2CCC2C(=O)O[C@H]2CC4CCC(C2)[N@@+]4(C)Cc2ccc(OC(C)=O)c(OC(C)=O)c2)C3)cc1OC(C)=O. The average Bonchev–Trinajstić information content (AvgIpc) is 3.33. The van der Waals surface area contributed by atoms with Gasteiger partial charge in [0.1, 0.15) is 25.3 Å². The van der Waals surface area contributed by atoms with Gasteiger partial charge in [0.05, 0.1) is 50.1 Å². The fourth-order valence-electron chi connectivity index (χ4n) is 10.7. The van der Waals surface area contributed by atoms with Gasteiger partial charge in [-0.3, -0.25) is 28.8 Å². The fourth-order valence-corrected chi connectivity index (χ4v) is 10.7. The third kappa shape index (κ3) is 8.63. The standard InChI is InChI=1S/C44H56N2O12/c1-25(47)53-39-15-7-29(17-41(39)55-27(3)49)23-45(5)31-9-10-32(45)20-35(19-31)57-43(51)37-13-14-38(37)44(52)58-36-21-33-11-12-34(22-36)46(33,6)24-30-8-16-40(54-26(2)48)42(18-30)56-28(4)50/h7-8,15-18,31-38H,9-14,19-24H2,1-6H3/q+2/t31?,32?,33?,34?,35-,36?,37?,38?,45-,46?. The van der Waals surface area contributed by atoms with Gasteiger partial charge in [-0.1, -0.05) is 0 Å². The number of hydrogen-bond acceptors (Lipinski definition) is 12. The Bertz CT molecular complexity index is 1810. The zero-order valence-electron chi connectivity index (χ0n) is 34.4. The summed E-state index contributed by atoms with van der Waals surface area (Å²) in [6.07, 6.45) is 7.73. The predicted octanol–water partition coefficient (Wildman–Crippen LogP) is 5.48. The third-order valence-corrected chi connectivity index (χ3v) is 13.7. The molecule has 2 aromatic carbocycles. The molecular weight excluding hydrogens is 748 g/mol. The van der Waals surface area contributed by atoms with Crippen molar-refractivity contribution in [2.45, 2.75) is 141 Å². The molecule has 0 aromatic heterocycles. The number of ether oxygens (including phenoxy) is 6.